The van der Waals surface area contributed by atoms with Crippen LogP contribution in [0, 0.1) is 0 Å². The summed E-state index contributed by atoms with van der Waals surface area (Å²) in [6.45, 7) is 5.04. The summed E-state index contributed by atoms with van der Waals surface area (Å²) in [5.41, 5.74) is 5.28. The Kier molecular flexibility index (Phi) is 8.17. The van der Waals surface area contributed by atoms with Gasteiger partial charge in [-0.25, -0.2) is 8.42 Å². The molecule has 0 bridgehead atoms. The zero-order valence-electron chi connectivity index (χ0n) is 15.1. The average Bonchev–Trinajstić information content (AvgIpc) is 2.64. The molecule has 0 fully saturated rings. The third kappa shape index (κ3) is 5.25. The minimum absolute atomic E-state index is 0. The Morgan fingerprint density at radius 1 is 1.19 bits per heavy atom. The first-order valence-corrected chi connectivity index (χ1v) is 10.1. The number of rotatable bonds is 8. The fourth-order valence-corrected chi connectivity index (χ4v) is 3.94. The van der Waals surface area contributed by atoms with Gasteiger partial charge in [0.15, 0.2) is 21.3 Å². The van der Waals surface area contributed by atoms with Crippen molar-refractivity contribution in [2.75, 3.05) is 25.5 Å². The number of nitrogens with one attached hydrogen (secondary N) is 1. The van der Waals surface area contributed by atoms with E-state index in [9.17, 15) is 13.2 Å². The number of carbonyl (C=O) groups excluding carboxylic acids is 1. The maximum absolute atomic E-state index is 12.5. The molecule has 9 heteroatoms. The normalized spacial score (nSPS) is 13.7. The van der Waals surface area contributed by atoms with Crippen molar-refractivity contribution in [1.29, 1.82) is 0 Å². The first-order valence-electron chi connectivity index (χ1n) is 8.49. The molecule has 0 spiro atoms. The highest BCUT2D eigenvalue weighted by molar-refractivity contribution is 7.91. The van der Waals surface area contributed by atoms with Gasteiger partial charge in [0.1, 0.15) is 13.2 Å². The molecule has 1 aliphatic rings. The summed E-state index contributed by atoms with van der Waals surface area (Å²) < 4.78 is 35.8. The summed E-state index contributed by atoms with van der Waals surface area (Å²) in [6.07, 6.45) is 1.28. The van der Waals surface area contributed by atoms with E-state index in [0.29, 0.717) is 44.1 Å². The number of carbonyl (C=O) groups is 1. The number of hydrogen-bond donors (Lipinski definition) is 2. The van der Waals surface area contributed by atoms with Gasteiger partial charge < -0.3 is 20.5 Å². The Hall–Kier alpha value is -1.51. The number of ether oxygens (including phenoxy) is 2. The van der Waals surface area contributed by atoms with E-state index in [1.165, 1.54) is 12.1 Å². The lowest BCUT2D eigenvalue weighted by Crippen LogP contribution is -2.53. The van der Waals surface area contributed by atoms with Crippen LogP contribution in [0.3, 0.4) is 0 Å². The highest BCUT2D eigenvalue weighted by Crippen LogP contribution is 2.32. The second kappa shape index (κ2) is 9.43. The fourth-order valence-electron chi connectivity index (χ4n) is 2.69. The molecule has 1 amide bonds. The first kappa shape index (κ1) is 22.5. The molecule has 148 valence electrons. The minimum atomic E-state index is -3.59. The van der Waals surface area contributed by atoms with Crippen LogP contribution in [0.15, 0.2) is 23.1 Å². The largest absolute Gasteiger partial charge is 0.486 e. The maximum Gasteiger partial charge on any atom is 0.221 e. The Morgan fingerprint density at radius 2 is 1.81 bits per heavy atom. The molecule has 1 heterocycles. The van der Waals surface area contributed by atoms with Gasteiger partial charge in [-0.05, 0) is 25.0 Å². The fraction of sp³-hybridized carbons (Fsp3) is 0.588. The van der Waals surface area contributed by atoms with Crippen LogP contribution in [0.2, 0.25) is 0 Å². The molecule has 0 aromatic heterocycles. The predicted molar refractivity (Wildman–Crippen MR) is 102 cm³/mol. The number of fused-ring (bicyclic) bond motifs is 1. The number of benzene rings is 1. The molecule has 26 heavy (non-hydrogen) atoms. The maximum atomic E-state index is 12.5. The minimum Gasteiger partial charge on any atom is -0.486 e. The molecule has 1 aromatic carbocycles. The third-order valence-electron chi connectivity index (χ3n) is 4.62. The van der Waals surface area contributed by atoms with E-state index >= 15 is 0 Å². The topological polar surface area (TPSA) is 108 Å². The molecule has 0 saturated carbocycles. The molecule has 1 aliphatic heterocycles. The Bertz CT molecular complexity index is 712. The molecular weight excluding hydrogens is 380 g/mol. The van der Waals surface area contributed by atoms with Crippen molar-refractivity contribution >= 4 is 28.2 Å². The summed E-state index contributed by atoms with van der Waals surface area (Å²) >= 11 is 0. The third-order valence-corrected chi connectivity index (χ3v) is 6.33. The summed E-state index contributed by atoms with van der Waals surface area (Å²) in [7, 11) is -3.59. The van der Waals surface area contributed by atoms with Crippen molar-refractivity contribution < 1.29 is 22.7 Å². The lowest BCUT2D eigenvalue weighted by atomic mass is 9.93. The van der Waals surface area contributed by atoms with E-state index < -0.39 is 15.4 Å². The van der Waals surface area contributed by atoms with Crippen molar-refractivity contribution in [3.05, 3.63) is 18.2 Å². The zero-order valence-corrected chi connectivity index (χ0v) is 16.7. The molecule has 0 unspecified atom stereocenters. The van der Waals surface area contributed by atoms with Crippen LogP contribution in [0.1, 0.15) is 33.1 Å². The van der Waals surface area contributed by atoms with Crippen LogP contribution in [0.5, 0.6) is 11.5 Å². The molecular formula is C17H27ClN2O5S. The van der Waals surface area contributed by atoms with Crippen molar-refractivity contribution in [1.82, 2.24) is 5.32 Å². The second-order valence-corrected chi connectivity index (χ2v) is 8.22. The van der Waals surface area contributed by atoms with Crippen LogP contribution in [-0.2, 0) is 14.6 Å². The Balaban J connectivity index is 0.00000338. The van der Waals surface area contributed by atoms with Gasteiger partial charge in [-0.1, -0.05) is 13.8 Å². The lowest BCUT2D eigenvalue weighted by Gasteiger charge is -2.31. The van der Waals surface area contributed by atoms with Crippen molar-refractivity contribution in [3.8, 4) is 11.5 Å². The van der Waals surface area contributed by atoms with Gasteiger partial charge in [-0.3, -0.25) is 4.79 Å². The zero-order chi connectivity index (χ0) is 18.5. The number of amides is 1. The summed E-state index contributed by atoms with van der Waals surface area (Å²) in [5, 5.41) is 2.88. The van der Waals surface area contributed by atoms with Crippen molar-refractivity contribution in [2.45, 2.75) is 43.5 Å². The van der Waals surface area contributed by atoms with Crippen LogP contribution < -0.4 is 20.5 Å². The monoisotopic (exact) mass is 406 g/mol. The standard InChI is InChI=1S/C17H26N2O5S.ClH/c1-3-17(4-2,12-18)19-16(20)7-10-25(21,22)13-5-6-14-15(11-13)24-9-8-23-14;/h5-6,11H,3-4,7-10,12,18H2,1-2H3,(H,19,20);1H. The van der Waals surface area contributed by atoms with Crippen LogP contribution in [0.25, 0.3) is 0 Å². The molecule has 0 saturated heterocycles. The molecule has 0 radical (unpaired) electrons. The van der Waals surface area contributed by atoms with Crippen molar-refractivity contribution in [3.63, 3.8) is 0 Å². The quantitative estimate of drug-likeness (QED) is 0.680. The SMILES string of the molecule is CCC(CC)(CN)NC(=O)CCS(=O)(=O)c1ccc2c(c1)OCCO2.Cl. The number of nitrogens with two attached hydrogens (primary N) is 1. The summed E-state index contributed by atoms with van der Waals surface area (Å²) in [5.74, 6) is 0.361. The van der Waals surface area contributed by atoms with Gasteiger partial charge >= 0.3 is 0 Å². The highest BCUT2D eigenvalue weighted by atomic mass is 35.5. The van der Waals surface area contributed by atoms with Gasteiger partial charge in [0.2, 0.25) is 5.91 Å². The molecule has 3 N–H and O–H groups in total. The van der Waals surface area contributed by atoms with Gasteiger partial charge in [0.05, 0.1) is 16.2 Å². The molecule has 0 aliphatic carbocycles. The van der Waals surface area contributed by atoms with Gasteiger partial charge in [0, 0.05) is 19.0 Å². The van der Waals surface area contributed by atoms with Gasteiger partial charge in [0.25, 0.3) is 0 Å². The van der Waals surface area contributed by atoms with Crippen molar-refractivity contribution in [2.24, 2.45) is 5.73 Å². The van der Waals surface area contributed by atoms with E-state index in [4.69, 9.17) is 15.2 Å². The molecule has 1 aromatic rings. The van der Waals surface area contributed by atoms with Gasteiger partial charge in [-0.2, -0.15) is 0 Å². The summed E-state index contributed by atoms with van der Waals surface area (Å²) in [4.78, 5) is 12.3. The average molecular weight is 407 g/mol. The molecule has 2 rings (SSSR count). The van der Waals surface area contributed by atoms with Crippen LogP contribution >= 0.6 is 12.4 Å². The Morgan fingerprint density at radius 3 is 2.38 bits per heavy atom. The molecule has 0 atom stereocenters. The number of halogens is 1. The van der Waals surface area contributed by atoms with Gasteiger partial charge in [-0.15, -0.1) is 12.4 Å². The summed E-state index contributed by atoms with van der Waals surface area (Å²) in [6, 6.07) is 4.50. The predicted octanol–water partition coefficient (Wildman–Crippen LogP) is 1.68. The van der Waals surface area contributed by atoms with E-state index in [1.54, 1.807) is 6.07 Å². The van der Waals surface area contributed by atoms with Crippen LogP contribution in [0.4, 0.5) is 0 Å². The second-order valence-electron chi connectivity index (χ2n) is 6.11. The van der Waals surface area contributed by atoms with Crippen LogP contribution in [-0.4, -0.2) is 45.4 Å². The van der Waals surface area contributed by atoms with E-state index in [1.807, 2.05) is 13.8 Å². The Labute approximate surface area is 160 Å². The van der Waals surface area contributed by atoms with E-state index in [0.717, 1.165) is 0 Å². The molecule has 7 nitrogen and oxygen atoms in total. The number of hydrogen-bond acceptors (Lipinski definition) is 6. The highest BCUT2D eigenvalue weighted by Gasteiger charge is 2.27. The number of sulfone groups is 1. The lowest BCUT2D eigenvalue weighted by molar-refractivity contribution is -0.122. The smallest absolute Gasteiger partial charge is 0.221 e. The van der Waals surface area contributed by atoms with E-state index in [2.05, 4.69) is 5.32 Å². The van der Waals surface area contributed by atoms with E-state index in [-0.39, 0.29) is 35.4 Å². The first-order chi connectivity index (χ1) is 11.9.